The fourth-order valence-electron chi connectivity index (χ4n) is 2.70. The second kappa shape index (κ2) is 8.55. The molecule has 2 unspecified atom stereocenters. The number of hydrogen-bond donors (Lipinski definition) is 1. The van der Waals surface area contributed by atoms with Gasteiger partial charge in [-0.15, -0.1) is 0 Å². The van der Waals surface area contributed by atoms with Gasteiger partial charge < -0.3 is 5.32 Å². The van der Waals surface area contributed by atoms with Crippen LogP contribution in [0.25, 0.3) is 0 Å². The third-order valence-electron chi connectivity index (χ3n) is 3.42. The molecule has 1 aromatic carbocycles. The zero-order valence-corrected chi connectivity index (χ0v) is 12.6. The van der Waals surface area contributed by atoms with Crippen LogP contribution < -0.4 is 5.32 Å². The third kappa shape index (κ3) is 5.88. The number of rotatable bonds is 8. The molecule has 0 radical (unpaired) electrons. The zero-order valence-electron chi connectivity index (χ0n) is 11.9. The quantitative estimate of drug-likeness (QED) is 0.729. The summed E-state index contributed by atoms with van der Waals surface area (Å²) in [5.41, 5.74) is 1.35. The molecule has 0 aliphatic heterocycles. The van der Waals surface area contributed by atoms with Gasteiger partial charge in [0.15, 0.2) is 0 Å². The van der Waals surface area contributed by atoms with Crippen molar-refractivity contribution >= 4 is 11.6 Å². The summed E-state index contributed by atoms with van der Waals surface area (Å²) in [6.45, 7) is 5.71. The lowest BCUT2D eigenvalue weighted by Crippen LogP contribution is -2.22. The van der Waals surface area contributed by atoms with Crippen molar-refractivity contribution in [2.75, 3.05) is 13.6 Å². The monoisotopic (exact) mass is 267 g/mol. The molecule has 18 heavy (non-hydrogen) atoms. The number of benzene rings is 1. The Labute approximate surface area is 117 Å². The topological polar surface area (TPSA) is 12.0 Å². The minimum atomic E-state index is 0.704. The highest BCUT2D eigenvalue weighted by Gasteiger charge is 2.13. The maximum Gasteiger partial charge on any atom is 0.0408 e. The predicted octanol–water partition coefficient (Wildman–Crippen LogP) is 4.54. The van der Waals surface area contributed by atoms with Gasteiger partial charge in [0.05, 0.1) is 0 Å². The molecule has 2 heteroatoms. The Morgan fingerprint density at radius 2 is 2.11 bits per heavy atom. The van der Waals surface area contributed by atoms with E-state index < -0.39 is 0 Å². The van der Waals surface area contributed by atoms with Gasteiger partial charge in [-0.2, -0.15) is 0 Å². The van der Waals surface area contributed by atoms with Gasteiger partial charge in [-0.1, -0.05) is 50.4 Å². The summed E-state index contributed by atoms with van der Waals surface area (Å²) in [5, 5.41) is 4.16. The Hall–Kier alpha value is -0.530. The standard InChI is InChI=1S/C16H26ClN/c1-4-6-13(2)9-15(12-18-3)10-14-7-5-8-16(17)11-14/h5,7-8,11,13,15,18H,4,6,9-10,12H2,1-3H3. The van der Waals surface area contributed by atoms with E-state index in [1.807, 2.05) is 19.2 Å². The van der Waals surface area contributed by atoms with Crippen LogP contribution in [-0.2, 0) is 6.42 Å². The van der Waals surface area contributed by atoms with Gasteiger partial charge in [0.2, 0.25) is 0 Å². The molecule has 1 aromatic rings. The third-order valence-corrected chi connectivity index (χ3v) is 3.66. The molecule has 0 spiro atoms. The minimum Gasteiger partial charge on any atom is -0.319 e. The lowest BCUT2D eigenvalue weighted by Gasteiger charge is -2.21. The lowest BCUT2D eigenvalue weighted by molar-refractivity contribution is 0.361. The van der Waals surface area contributed by atoms with Crippen molar-refractivity contribution in [1.29, 1.82) is 0 Å². The van der Waals surface area contributed by atoms with E-state index in [4.69, 9.17) is 11.6 Å². The van der Waals surface area contributed by atoms with Gasteiger partial charge >= 0.3 is 0 Å². The molecule has 0 aromatic heterocycles. The summed E-state index contributed by atoms with van der Waals surface area (Å²) < 4.78 is 0. The Balaban J connectivity index is 2.56. The van der Waals surface area contributed by atoms with Gasteiger partial charge in [-0.3, -0.25) is 0 Å². The fraction of sp³-hybridized carbons (Fsp3) is 0.625. The second-order valence-corrected chi connectivity index (χ2v) is 5.82. The van der Waals surface area contributed by atoms with E-state index in [1.54, 1.807) is 0 Å². The van der Waals surface area contributed by atoms with Gasteiger partial charge in [0.25, 0.3) is 0 Å². The molecule has 102 valence electrons. The highest BCUT2D eigenvalue weighted by atomic mass is 35.5. The summed E-state index contributed by atoms with van der Waals surface area (Å²) in [4.78, 5) is 0. The molecule has 0 heterocycles. The first-order valence-corrected chi connectivity index (χ1v) is 7.42. The molecule has 0 fully saturated rings. The molecule has 0 saturated heterocycles. The van der Waals surface area contributed by atoms with Crippen molar-refractivity contribution in [3.8, 4) is 0 Å². The van der Waals surface area contributed by atoms with Gasteiger partial charge in [0.1, 0.15) is 0 Å². The molecule has 0 aliphatic rings. The molecule has 0 saturated carbocycles. The highest BCUT2D eigenvalue weighted by molar-refractivity contribution is 6.30. The van der Waals surface area contributed by atoms with Crippen LogP contribution in [0.3, 0.4) is 0 Å². The van der Waals surface area contributed by atoms with Crippen molar-refractivity contribution in [3.05, 3.63) is 34.9 Å². The van der Waals surface area contributed by atoms with E-state index in [2.05, 4.69) is 31.3 Å². The second-order valence-electron chi connectivity index (χ2n) is 5.39. The summed E-state index contributed by atoms with van der Waals surface area (Å²) in [7, 11) is 2.04. The first kappa shape index (κ1) is 15.5. The number of halogens is 1. The first-order valence-electron chi connectivity index (χ1n) is 7.04. The van der Waals surface area contributed by atoms with Crippen molar-refractivity contribution in [2.24, 2.45) is 11.8 Å². The average Bonchev–Trinajstić information content (AvgIpc) is 2.29. The smallest absolute Gasteiger partial charge is 0.0408 e. The van der Waals surface area contributed by atoms with Crippen LogP contribution in [0.1, 0.15) is 38.7 Å². The summed E-state index contributed by atoms with van der Waals surface area (Å²) in [6, 6.07) is 8.26. The SMILES string of the molecule is CCCC(C)CC(CNC)Cc1cccc(Cl)c1. The molecule has 2 atom stereocenters. The van der Waals surface area contributed by atoms with E-state index in [0.29, 0.717) is 5.92 Å². The predicted molar refractivity (Wildman–Crippen MR) is 81.3 cm³/mol. The van der Waals surface area contributed by atoms with E-state index in [0.717, 1.165) is 23.9 Å². The van der Waals surface area contributed by atoms with Crippen molar-refractivity contribution in [3.63, 3.8) is 0 Å². The largest absolute Gasteiger partial charge is 0.319 e. The van der Waals surface area contributed by atoms with Gasteiger partial charge in [-0.05, 0) is 56.0 Å². The average molecular weight is 268 g/mol. The Bertz CT molecular complexity index is 338. The zero-order chi connectivity index (χ0) is 13.4. The van der Waals surface area contributed by atoms with Gasteiger partial charge in [-0.25, -0.2) is 0 Å². The van der Waals surface area contributed by atoms with E-state index in [-0.39, 0.29) is 0 Å². The normalized spacial score (nSPS) is 14.4. The van der Waals surface area contributed by atoms with E-state index >= 15 is 0 Å². The molecule has 0 amide bonds. The minimum absolute atomic E-state index is 0.704. The Kier molecular flexibility index (Phi) is 7.38. The maximum atomic E-state index is 6.05. The molecule has 0 aliphatic carbocycles. The Morgan fingerprint density at radius 3 is 2.72 bits per heavy atom. The number of nitrogens with one attached hydrogen (secondary N) is 1. The van der Waals surface area contributed by atoms with Crippen LogP contribution in [-0.4, -0.2) is 13.6 Å². The number of hydrogen-bond acceptors (Lipinski definition) is 1. The highest BCUT2D eigenvalue weighted by Crippen LogP contribution is 2.21. The molecular formula is C16H26ClN. The summed E-state index contributed by atoms with van der Waals surface area (Å²) in [5.74, 6) is 1.52. The summed E-state index contributed by atoms with van der Waals surface area (Å²) >= 11 is 6.05. The molecule has 0 bridgehead atoms. The van der Waals surface area contributed by atoms with Crippen LogP contribution in [0.15, 0.2) is 24.3 Å². The van der Waals surface area contributed by atoms with Crippen molar-refractivity contribution in [2.45, 2.75) is 39.5 Å². The van der Waals surface area contributed by atoms with Gasteiger partial charge in [0, 0.05) is 5.02 Å². The Morgan fingerprint density at radius 1 is 1.33 bits per heavy atom. The van der Waals surface area contributed by atoms with Crippen molar-refractivity contribution in [1.82, 2.24) is 5.32 Å². The summed E-state index contributed by atoms with van der Waals surface area (Å²) in [6.07, 6.45) is 5.02. The molecule has 1 nitrogen and oxygen atoms in total. The molecular weight excluding hydrogens is 242 g/mol. The van der Waals surface area contributed by atoms with Crippen LogP contribution in [0.2, 0.25) is 5.02 Å². The fourth-order valence-corrected chi connectivity index (χ4v) is 2.92. The molecule has 1 rings (SSSR count). The van der Waals surface area contributed by atoms with E-state index in [1.165, 1.54) is 24.8 Å². The molecule has 1 N–H and O–H groups in total. The lowest BCUT2D eigenvalue weighted by atomic mass is 9.88. The van der Waals surface area contributed by atoms with Crippen LogP contribution in [0.5, 0.6) is 0 Å². The first-order chi connectivity index (χ1) is 8.65. The van der Waals surface area contributed by atoms with Crippen LogP contribution in [0.4, 0.5) is 0 Å². The maximum absolute atomic E-state index is 6.05. The van der Waals surface area contributed by atoms with Crippen LogP contribution in [0, 0.1) is 11.8 Å². The van der Waals surface area contributed by atoms with Crippen LogP contribution >= 0.6 is 11.6 Å². The van der Waals surface area contributed by atoms with E-state index in [9.17, 15) is 0 Å². The van der Waals surface area contributed by atoms with Crippen molar-refractivity contribution < 1.29 is 0 Å².